The maximum absolute atomic E-state index is 12.4. The van der Waals surface area contributed by atoms with E-state index in [2.05, 4.69) is 10.3 Å². The van der Waals surface area contributed by atoms with Crippen LogP contribution in [0.2, 0.25) is 0 Å². The van der Waals surface area contributed by atoms with Gasteiger partial charge in [0.1, 0.15) is 11.5 Å². The summed E-state index contributed by atoms with van der Waals surface area (Å²) in [5.74, 6) is 1.37. The van der Waals surface area contributed by atoms with Crippen LogP contribution in [0.4, 0.5) is 5.69 Å². The number of ether oxygens (including phenoxy) is 2. The van der Waals surface area contributed by atoms with Crippen LogP contribution < -0.4 is 14.8 Å². The zero-order valence-corrected chi connectivity index (χ0v) is 14.3. The Morgan fingerprint density at radius 1 is 1.12 bits per heavy atom. The molecule has 0 saturated heterocycles. The molecule has 3 aromatic rings. The van der Waals surface area contributed by atoms with Crippen LogP contribution in [0.1, 0.15) is 12.5 Å². The molecule has 0 aliphatic carbocycles. The Morgan fingerprint density at radius 2 is 1.92 bits per heavy atom. The second-order valence-electron chi connectivity index (χ2n) is 5.55. The van der Waals surface area contributed by atoms with Crippen molar-refractivity contribution in [2.24, 2.45) is 0 Å². The number of hydrogen-bond donors (Lipinski definition) is 1. The van der Waals surface area contributed by atoms with Crippen LogP contribution in [0.15, 0.2) is 54.7 Å². The van der Waals surface area contributed by atoms with E-state index >= 15 is 0 Å². The molecule has 128 valence electrons. The van der Waals surface area contributed by atoms with E-state index in [1.165, 1.54) is 0 Å². The summed E-state index contributed by atoms with van der Waals surface area (Å²) >= 11 is 0. The highest BCUT2D eigenvalue weighted by molar-refractivity contribution is 6.01. The molecule has 0 unspecified atom stereocenters. The highest BCUT2D eigenvalue weighted by atomic mass is 16.5. The van der Waals surface area contributed by atoms with Crippen molar-refractivity contribution in [3.63, 3.8) is 0 Å². The van der Waals surface area contributed by atoms with Gasteiger partial charge in [-0.15, -0.1) is 0 Å². The largest absolute Gasteiger partial charge is 0.497 e. The van der Waals surface area contributed by atoms with Crippen LogP contribution >= 0.6 is 0 Å². The lowest BCUT2D eigenvalue weighted by Crippen LogP contribution is -2.15. The van der Waals surface area contributed by atoms with E-state index in [0.29, 0.717) is 18.0 Å². The minimum atomic E-state index is -0.107. The van der Waals surface area contributed by atoms with Gasteiger partial charge < -0.3 is 14.8 Å². The molecule has 0 bridgehead atoms. The SMILES string of the molecule is CCOc1ccc(CC(=O)Nc2cc(OC)cc3cccnc23)cc1. The Kier molecular flexibility index (Phi) is 5.14. The second-order valence-corrected chi connectivity index (χ2v) is 5.55. The summed E-state index contributed by atoms with van der Waals surface area (Å²) in [6.45, 7) is 2.56. The smallest absolute Gasteiger partial charge is 0.228 e. The van der Waals surface area contributed by atoms with Gasteiger partial charge in [-0.2, -0.15) is 0 Å². The van der Waals surface area contributed by atoms with Crippen molar-refractivity contribution >= 4 is 22.5 Å². The molecule has 25 heavy (non-hydrogen) atoms. The van der Waals surface area contributed by atoms with E-state index < -0.39 is 0 Å². The lowest BCUT2D eigenvalue weighted by atomic mass is 10.1. The average molecular weight is 336 g/mol. The highest BCUT2D eigenvalue weighted by Gasteiger charge is 2.10. The normalized spacial score (nSPS) is 10.5. The zero-order chi connectivity index (χ0) is 17.6. The standard InChI is InChI=1S/C20H20N2O3/c1-3-25-16-8-6-14(7-9-16)11-19(23)22-18-13-17(24-2)12-15-5-4-10-21-20(15)18/h4-10,12-13H,3,11H2,1-2H3,(H,22,23). The van der Waals surface area contributed by atoms with E-state index in [4.69, 9.17) is 9.47 Å². The first kappa shape index (κ1) is 16.8. The zero-order valence-electron chi connectivity index (χ0n) is 14.3. The van der Waals surface area contributed by atoms with Crippen molar-refractivity contribution in [3.8, 4) is 11.5 Å². The molecule has 0 aliphatic heterocycles. The molecule has 0 fully saturated rings. The van der Waals surface area contributed by atoms with E-state index in [1.54, 1.807) is 19.4 Å². The molecule has 3 rings (SSSR count). The molecule has 5 heteroatoms. The van der Waals surface area contributed by atoms with Gasteiger partial charge in [-0.05, 0) is 36.8 Å². The number of pyridine rings is 1. The molecule has 0 spiro atoms. The number of hydrogen-bond acceptors (Lipinski definition) is 4. The molecule has 1 heterocycles. The van der Waals surface area contributed by atoms with Crippen LogP contribution in [-0.2, 0) is 11.2 Å². The van der Waals surface area contributed by atoms with Crippen molar-refractivity contribution in [1.29, 1.82) is 0 Å². The van der Waals surface area contributed by atoms with E-state index in [-0.39, 0.29) is 12.3 Å². The third kappa shape index (κ3) is 4.07. The van der Waals surface area contributed by atoms with Crippen molar-refractivity contribution in [1.82, 2.24) is 4.98 Å². The molecule has 0 aliphatic rings. The molecular weight excluding hydrogens is 316 g/mol. The Morgan fingerprint density at radius 3 is 2.64 bits per heavy atom. The van der Waals surface area contributed by atoms with Crippen LogP contribution in [0, 0.1) is 0 Å². The van der Waals surface area contributed by atoms with E-state index in [9.17, 15) is 4.79 Å². The lowest BCUT2D eigenvalue weighted by molar-refractivity contribution is -0.115. The summed E-state index contributed by atoms with van der Waals surface area (Å²) in [5, 5.41) is 3.85. The number of carbonyl (C=O) groups excluding carboxylic acids is 1. The number of fused-ring (bicyclic) bond motifs is 1. The van der Waals surface area contributed by atoms with E-state index in [1.807, 2.05) is 49.4 Å². The van der Waals surface area contributed by atoms with Crippen LogP contribution in [0.25, 0.3) is 10.9 Å². The fourth-order valence-corrected chi connectivity index (χ4v) is 2.63. The van der Waals surface area contributed by atoms with Gasteiger partial charge in [0.15, 0.2) is 0 Å². The maximum atomic E-state index is 12.4. The van der Waals surface area contributed by atoms with Crippen LogP contribution in [-0.4, -0.2) is 24.6 Å². The first-order chi connectivity index (χ1) is 12.2. The number of amides is 1. The first-order valence-electron chi connectivity index (χ1n) is 8.14. The van der Waals surface area contributed by atoms with Crippen molar-refractivity contribution in [2.75, 3.05) is 19.0 Å². The van der Waals surface area contributed by atoms with E-state index in [0.717, 1.165) is 22.2 Å². The van der Waals surface area contributed by atoms with Crippen molar-refractivity contribution in [2.45, 2.75) is 13.3 Å². The lowest BCUT2D eigenvalue weighted by Gasteiger charge is -2.11. The summed E-state index contributed by atoms with van der Waals surface area (Å²) < 4.78 is 10.7. The summed E-state index contributed by atoms with van der Waals surface area (Å²) in [7, 11) is 1.60. The molecular formula is C20H20N2O3. The van der Waals surface area contributed by atoms with Gasteiger partial charge in [-0.1, -0.05) is 18.2 Å². The third-order valence-electron chi connectivity index (χ3n) is 3.79. The summed E-state index contributed by atoms with van der Waals surface area (Å²) in [6, 6.07) is 15.0. The predicted octanol–water partition coefficient (Wildman–Crippen LogP) is 3.82. The Hall–Kier alpha value is -3.08. The van der Waals surface area contributed by atoms with Gasteiger partial charge in [0.05, 0.1) is 31.3 Å². The fourth-order valence-electron chi connectivity index (χ4n) is 2.63. The monoisotopic (exact) mass is 336 g/mol. The van der Waals surface area contributed by atoms with Gasteiger partial charge in [-0.25, -0.2) is 0 Å². The van der Waals surface area contributed by atoms with Crippen LogP contribution in [0.3, 0.4) is 0 Å². The third-order valence-corrected chi connectivity index (χ3v) is 3.79. The molecule has 0 atom stereocenters. The second kappa shape index (κ2) is 7.66. The van der Waals surface area contributed by atoms with Crippen LogP contribution in [0.5, 0.6) is 11.5 Å². The predicted molar refractivity (Wildman–Crippen MR) is 98.2 cm³/mol. The Bertz CT molecular complexity index is 876. The molecule has 5 nitrogen and oxygen atoms in total. The molecule has 1 N–H and O–H groups in total. The minimum absolute atomic E-state index is 0.107. The topological polar surface area (TPSA) is 60.5 Å². The number of nitrogens with one attached hydrogen (secondary N) is 1. The van der Waals surface area contributed by atoms with Crippen molar-refractivity contribution < 1.29 is 14.3 Å². The number of aromatic nitrogens is 1. The molecule has 0 radical (unpaired) electrons. The van der Waals surface area contributed by atoms with Gasteiger partial charge in [0.2, 0.25) is 5.91 Å². The molecule has 1 amide bonds. The number of rotatable bonds is 6. The van der Waals surface area contributed by atoms with Gasteiger partial charge in [0, 0.05) is 17.6 Å². The molecule has 0 saturated carbocycles. The minimum Gasteiger partial charge on any atom is -0.497 e. The highest BCUT2D eigenvalue weighted by Crippen LogP contribution is 2.27. The number of nitrogens with zero attached hydrogens (tertiary/aromatic N) is 1. The quantitative estimate of drug-likeness (QED) is 0.743. The van der Waals surface area contributed by atoms with Crippen molar-refractivity contribution in [3.05, 3.63) is 60.3 Å². The van der Waals surface area contributed by atoms with Gasteiger partial charge in [-0.3, -0.25) is 9.78 Å². The van der Waals surface area contributed by atoms with Gasteiger partial charge >= 0.3 is 0 Å². The molecule has 2 aromatic carbocycles. The summed E-state index contributed by atoms with van der Waals surface area (Å²) in [5.41, 5.74) is 2.30. The first-order valence-corrected chi connectivity index (χ1v) is 8.14. The Labute approximate surface area is 146 Å². The number of methoxy groups -OCH3 is 1. The summed E-state index contributed by atoms with van der Waals surface area (Å²) in [4.78, 5) is 16.8. The molecule has 1 aromatic heterocycles. The Balaban J connectivity index is 1.77. The number of carbonyl (C=O) groups is 1. The number of benzene rings is 2. The van der Waals surface area contributed by atoms with Gasteiger partial charge in [0.25, 0.3) is 0 Å². The average Bonchev–Trinajstić information content (AvgIpc) is 2.63. The fraction of sp³-hybridized carbons (Fsp3) is 0.200. The number of anilines is 1. The maximum Gasteiger partial charge on any atom is 0.228 e. The summed E-state index contributed by atoms with van der Waals surface area (Å²) in [6.07, 6.45) is 1.98.